The van der Waals surface area contributed by atoms with Gasteiger partial charge in [-0.05, 0) is 25.3 Å². The Kier molecular flexibility index (Phi) is 6.58. The first-order valence-corrected chi connectivity index (χ1v) is 10.5. The molecule has 3 aromatic heterocycles. The first-order valence-electron chi connectivity index (χ1n) is 10.5. The molecule has 2 atom stereocenters. The van der Waals surface area contributed by atoms with E-state index in [-0.39, 0.29) is 29.1 Å². The van der Waals surface area contributed by atoms with Gasteiger partial charge in [0.05, 0.1) is 17.9 Å². The van der Waals surface area contributed by atoms with Gasteiger partial charge in [-0.1, -0.05) is 6.42 Å². The van der Waals surface area contributed by atoms with E-state index in [0.29, 0.717) is 19.3 Å². The number of nitrogens with one attached hydrogen (secondary N) is 2. The lowest BCUT2D eigenvalue weighted by Crippen LogP contribution is -2.42. The van der Waals surface area contributed by atoms with Crippen molar-refractivity contribution >= 4 is 29.0 Å². The van der Waals surface area contributed by atoms with Crippen molar-refractivity contribution in [2.24, 2.45) is 7.05 Å². The number of hydrogen-bond acceptors (Lipinski definition) is 7. The van der Waals surface area contributed by atoms with Crippen molar-refractivity contribution in [3.8, 4) is 0 Å². The summed E-state index contributed by atoms with van der Waals surface area (Å²) in [6.07, 6.45) is -3.12. The zero-order valence-electron chi connectivity index (χ0n) is 18.2. The second-order valence-electron chi connectivity index (χ2n) is 7.97. The van der Waals surface area contributed by atoms with Gasteiger partial charge in [0.25, 0.3) is 12.3 Å². The summed E-state index contributed by atoms with van der Waals surface area (Å²) >= 11 is 0. The van der Waals surface area contributed by atoms with Crippen LogP contribution in [0.2, 0.25) is 0 Å². The third kappa shape index (κ3) is 5.33. The number of fused-ring (bicyclic) bond motifs is 1. The lowest BCUT2D eigenvalue weighted by Gasteiger charge is -2.32. The average Bonchev–Trinajstić information content (AvgIpc) is 3.37. The molecule has 1 aliphatic rings. The van der Waals surface area contributed by atoms with E-state index in [1.54, 1.807) is 0 Å². The molecule has 1 saturated carbocycles. The van der Waals surface area contributed by atoms with Crippen LogP contribution in [0.5, 0.6) is 0 Å². The Bertz CT molecular complexity index is 1240. The molecule has 3 heterocycles. The standard InChI is InChI=1S/C20H20F5N7O3/c1-31-9-12(15(30-31)16(21)22)28-18(33)10-8-26-32-7-6-14(29-17(10)32)27-11-4-2-3-5-13(11)35-19(34)20(23,24)25/h6-9,11,13,16H,2-5H2,1H3,(H,27,29)(H,28,33)/t11-,13+/m1/s1. The fourth-order valence-corrected chi connectivity index (χ4v) is 3.86. The van der Waals surface area contributed by atoms with Crippen LogP contribution in [0.25, 0.3) is 5.65 Å². The number of nitrogens with zero attached hydrogens (tertiary/aromatic N) is 5. The predicted octanol–water partition coefficient (Wildman–Crippen LogP) is 3.48. The Hall–Kier alpha value is -3.78. The van der Waals surface area contributed by atoms with Gasteiger partial charge in [0.2, 0.25) is 0 Å². The minimum absolute atomic E-state index is 0.0265. The van der Waals surface area contributed by atoms with Gasteiger partial charge in [0.15, 0.2) is 11.3 Å². The number of amides is 1. The number of hydrogen-bond donors (Lipinski definition) is 2. The molecule has 10 nitrogen and oxygen atoms in total. The molecule has 0 radical (unpaired) electrons. The van der Waals surface area contributed by atoms with Crippen molar-refractivity contribution in [2.75, 3.05) is 10.6 Å². The van der Waals surface area contributed by atoms with Gasteiger partial charge in [0.1, 0.15) is 17.5 Å². The quantitative estimate of drug-likeness (QED) is 0.393. The normalized spacial score (nSPS) is 18.6. The second kappa shape index (κ2) is 9.46. The number of rotatable bonds is 6. The van der Waals surface area contributed by atoms with E-state index >= 15 is 0 Å². The highest BCUT2D eigenvalue weighted by Gasteiger charge is 2.43. The summed E-state index contributed by atoms with van der Waals surface area (Å²) in [5.41, 5.74) is -0.710. The van der Waals surface area contributed by atoms with Gasteiger partial charge in [-0.25, -0.2) is 23.1 Å². The van der Waals surface area contributed by atoms with Crippen molar-refractivity contribution in [3.63, 3.8) is 0 Å². The minimum Gasteiger partial charge on any atom is -0.454 e. The smallest absolute Gasteiger partial charge is 0.454 e. The molecule has 0 unspecified atom stereocenters. The molecule has 4 rings (SSSR count). The van der Waals surface area contributed by atoms with Crippen LogP contribution in [0.1, 0.15) is 48.2 Å². The van der Waals surface area contributed by atoms with Crippen LogP contribution in [0, 0.1) is 0 Å². The van der Waals surface area contributed by atoms with Crippen molar-refractivity contribution in [3.05, 3.63) is 35.9 Å². The Balaban J connectivity index is 1.54. The molecular formula is C20H20F5N7O3. The minimum atomic E-state index is -5.10. The highest BCUT2D eigenvalue weighted by molar-refractivity contribution is 6.08. The molecule has 3 aromatic rings. The zero-order valence-corrected chi connectivity index (χ0v) is 18.2. The number of aryl methyl sites for hydroxylation is 1. The molecule has 0 spiro atoms. The first-order chi connectivity index (χ1) is 16.5. The number of alkyl halides is 5. The molecule has 1 aliphatic carbocycles. The zero-order chi connectivity index (χ0) is 25.3. The van der Waals surface area contributed by atoms with Gasteiger partial charge >= 0.3 is 12.1 Å². The maximum absolute atomic E-state index is 13.2. The molecule has 0 aromatic carbocycles. The molecule has 0 bridgehead atoms. The lowest BCUT2D eigenvalue weighted by molar-refractivity contribution is -0.206. The Labute approximate surface area is 194 Å². The number of carbonyl (C=O) groups excluding carboxylic acids is 2. The second-order valence-corrected chi connectivity index (χ2v) is 7.97. The van der Waals surface area contributed by atoms with Crippen LogP contribution < -0.4 is 10.6 Å². The van der Waals surface area contributed by atoms with Crippen molar-refractivity contribution in [1.29, 1.82) is 0 Å². The van der Waals surface area contributed by atoms with Crippen molar-refractivity contribution in [1.82, 2.24) is 24.4 Å². The lowest BCUT2D eigenvalue weighted by atomic mass is 9.92. The number of halogens is 5. The van der Waals surface area contributed by atoms with Gasteiger partial charge in [-0.3, -0.25) is 9.48 Å². The van der Waals surface area contributed by atoms with E-state index < -0.39 is 42.3 Å². The number of aromatic nitrogens is 5. The monoisotopic (exact) mass is 501 g/mol. The van der Waals surface area contributed by atoms with Crippen LogP contribution in [-0.2, 0) is 16.6 Å². The van der Waals surface area contributed by atoms with Gasteiger partial charge in [0, 0.05) is 19.4 Å². The highest BCUT2D eigenvalue weighted by atomic mass is 19.4. The Morgan fingerprint density at radius 3 is 2.69 bits per heavy atom. The van der Waals surface area contributed by atoms with Crippen molar-refractivity contribution < 1.29 is 36.3 Å². The molecule has 0 saturated heterocycles. The van der Waals surface area contributed by atoms with E-state index in [1.807, 2.05) is 0 Å². The third-order valence-corrected chi connectivity index (χ3v) is 5.45. The highest BCUT2D eigenvalue weighted by Crippen LogP contribution is 2.28. The summed E-state index contributed by atoms with van der Waals surface area (Å²) in [7, 11) is 1.43. The van der Waals surface area contributed by atoms with Crippen LogP contribution in [-0.4, -0.2) is 54.6 Å². The van der Waals surface area contributed by atoms with E-state index in [9.17, 15) is 31.5 Å². The van der Waals surface area contributed by atoms with Gasteiger partial charge in [-0.2, -0.15) is 23.4 Å². The fourth-order valence-electron chi connectivity index (χ4n) is 3.86. The molecule has 35 heavy (non-hydrogen) atoms. The number of esters is 1. The molecule has 2 N–H and O–H groups in total. The Morgan fingerprint density at radius 2 is 1.97 bits per heavy atom. The average molecular weight is 501 g/mol. The molecule has 15 heteroatoms. The summed E-state index contributed by atoms with van der Waals surface area (Å²) in [6, 6.07) is 0.865. The molecule has 1 amide bonds. The maximum atomic E-state index is 13.2. The van der Waals surface area contributed by atoms with Crippen LogP contribution >= 0.6 is 0 Å². The predicted molar refractivity (Wildman–Crippen MR) is 111 cm³/mol. The molecule has 1 fully saturated rings. The molecule has 188 valence electrons. The molecule has 0 aliphatic heterocycles. The number of carbonyl (C=O) groups is 2. The Morgan fingerprint density at radius 1 is 1.23 bits per heavy atom. The summed E-state index contributed by atoms with van der Waals surface area (Å²) < 4.78 is 71.4. The van der Waals surface area contributed by atoms with Gasteiger partial charge in [-0.15, -0.1) is 0 Å². The number of anilines is 2. The molecular weight excluding hydrogens is 481 g/mol. The van der Waals surface area contributed by atoms with Crippen LogP contribution in [0.15, 0.2) is 24.7 Å². The topological polar surface area (TPSA) is 115 Å². The van der Waals surface area contributed by atoms with Crippen LogP contribution in [0.3, 0.4) is 0 Å². The third-order valence-electron chi connectivity index (χ3n) is 5.45. The fraction of sp³-hybridized carbons (Fsp3) is 0.450. The largest absolute Gasteiger partial charge is 0.490 e. The summed E-state index contributed by atoms with van der Waals surface area (Å²) in [4.78, 5) is 28.4. The van der Waals surface area contributed by atoms with E-state index in [2.05, 4.69) is 30.6 Å². The van der Waals surface area contributed by atoms with Crippen molar-refractivity contribution in [2.45, 2.75) is 50.4 Å². The number of ether oxygens (including phenoxy) is 1. The summed E-state index contributed by atoms with van der Waals surface area (Å²) in [5.74, 6) is -2.80. The first kappa shape index (κ1) is 24.3. The SMILES string of the molecule is Cn1cc(NC(=O)c2cnn3ccc(N[C@@H]4CCCC[C@@H]4OC(=O)C(F)(F)F)nc23)c(C(F)F)n1. The van der Waals surface area contributed by atoms with Gasteiger partial charge < -0.3 is 15.4 Å². The van der Waals surface area contributed by atoms with Crippen LogP contribution in [0.4, 0.5) is 33.5 Å². The van der Waals surface area contributed by atoms with E-state index in [4.69, 9.17) is 0 Å². The summed E-state index contributed by atoms with van der Waals surface area (Å²) in [6.45, 7) is 0. The maximum Gasteiger partial charge on any atom is 0.490 e. The summed E-state index contributed by atoms with van der Waals surface area (Å²) in [5, 5.41) is 13.0. The van der Waals surface area contributed by atoms with E-state index in [0.717, 1.165) is 4.68 Å². The van der Waals surface area contributed by atoms with E-state index in [1.165, 1.54) is 36.2 Å².